The first-order valence-electron chi connectivity index (χ1n) is 8.16. The first-order chi connectivity index (χ1) is 11.8. The van der Waals surface area contributed by atoms with Crippen molar-refractivity contribution in [3.05, 3.63) is 64.2 Å². The number of methoxy groups -OCH3 is 1. The van der Waals surface area contributed by atoms with Crippen molar-refractivity contribution in [1.82, 2.24) is 5.32 Å². The van der Waals surface area contributed by atoms with E-state index < -0.39 is 0 Å². The van der Waals surface area contributed by atoms with Gasteiger partial charge in [0.1, 0.15) is 0 Å². The molecule has 1 atom stereocenters. The standard InChI is InChI=1S/C20H24N2O2S/c1-12-9-10-16(13(2)11-12)15(4)21-20(25)22-18-8-6-7-17(14(18)3)19(23)24-5/h6-11,15H,1-5H3,(H2,21,22,25)/t15-/m0/s1. The largest absolute Gasteiger partial charge is 0.465 e. The first kappa shape index (κ1) is 18.9. The summed E-state index contributed by atoms with van der Waals surface area (Å²) in [6, 6.07) is 11.9. The molecule has 2 aromatic carbocycles. The van der Waals surface area contributed by atoms with Crippen LogP contribution in [0.3, 0.4) is 0 Å². The van der Waals surface area contributed by atoms with Gasteiger partial charge in [0, 0.05) is 5.69 Å². The van der Waals surface area contributed by atoms with Crippen molar-refractivity contribution >= 4 is 29.0 Å². The van der Waals surface area contributed by atoms with Gasteiger partial charge in [0.25, 0.3) is 0 Å². The monoisotopic (exact) mass is 356 g/mol. The molecule has 132 valence electrons. The maximum absolute atomic E-state index is 11.8. The highest BCUT2D eigenvalue weighted by Gasteiger charge is 2.14. The fourth-order valence-corrected chi connectivity index (χ4v) is 3.13. The van der Waals surface area contributed by atoms with Crippen LogP contribution in [-0.4, -0.2) is 18.2 Å². The lowest BCUT2D eigenvalue weighted by Crippen LogP contribution is -2.31. The van der Waals surface area contributed by atoms with Crippen LogP contribution in [0, 0.1) is 20.8 Å². The Morgan fingerprint density at radius 3 is 2.52 bits per heavy atom. The Balaban J connectivity index is 2.11. The molecule has 0 aliphatic rings. The number of thiocarbonyl (C=S) groups is 1. The number of ether oxygens (including phenoxy) is 1. The fourth-order valence-electron chi connectivity index (χ4n) is 2.85. The van der Waals surface area contributed by atoms with Crippen LogP contribution >= 0.6 is 12.2 Å². The number of rotatable bonds is 4. The van der Waals surface area contributed by atoms with Crippen LogP contribution in [0.1, 0.15) is 45.6 Å². The Bertz CT molecular complexity index is 802. The van der Waals surface area contributed by atoms with E-state index in [0.29, 0.717) is 10.7 Å². The third-order valence-electron chi connectivity index (χ3n) is 4.23. The number of hydrogen-bond donors (Lipinski definition) is 2. The third-order valence-corrected chi connectivity index (χ3v) is 4.45. The van der Waals surface area contributed by atoms with Crippen LogP contribution in [0.4, 0.5) is 5.69 Å². The lowest BCUT2D eigenvalue weighted by molar-refractivity contribution is 0.0600. The van der Waals surface area contributed by atoms with Crippen LogP contribution in [0.25, 0.3) is 0 Å². The molecule has 0 bridgehead atoms. The minimum atomic E-state index is -0.358. The molecule has 0 unspecified atom stereocenters. The SMILES string of the molecule is COC(=O)c1cccc(NC(=S)N[C@@H](C)c2ccc(C)cc2C)c1C. The van der Waals surface area contributed by atoms with E-state index in [1.54, 1.807) is 12.1 Å². The average Bonchev–Trinajstić information content (AvgIpc) is 2.55. The fraction of sp³-hybridized carbons (Fsp3) is 0.300. The van der Waals surface area contributed by atoms with Crippen LogP contribution in [0.2, 0.25) is 0 Å². The van der Waals surface area contributed by atoms with Crippen molar-refractivity contribution in [1.29, 1.82) is 0 Å². The molecule has 2 N–H and O–H groups in total. The zero-order chi connectivity index (χ0) is 18.6. The summed E-state index contributed by atoms with van der Waals surface area (Å²) in [5, 5.41) is 6.98. The first-order valence-corrected chi connectivity index (χ1v) is 8.57. The zero-order valence-electron chi connectivity index (χ0n) is 15.3. The van der Waals surface area contributed by atoms with Crippen molar-refractivity contribution < 1.29 is 9.53 Å². The van der Waals surface area contributed by atoms with Gasteiger partial charge in [0.05, 0.1) is 18.7 Å². The Kier molecular flexibility index (Phi) is 6.15. The van der Waals surface area contributed by atoms with Crippen LogP contribution in [0.5, 0.6) is 0 Å². The molecule has 0 saturated heterocycles. The van der Waals surface area contributed by atoms with Gasteiger partial charge >= 0.3 is 5.97 Å². The molecule has 0 fully saturated rings. The molecule has 0 saturated carbocycles. The number of carbonyl (C=O) groups is 1. The topological polar surface area (TPSA) is 50.4 Å². The second kappa shape index (κ2) is 8.12. The molecule has 0 amide bonds. The van der Waals surface area contributed by atoms with Crippen molar-refractivity contribution in [3.63, 3.8) is 0 Å². The summed E-state index contributed by atoms with van der Waals surface area (Å²) >= 11 is 5.44. The van der Waals surface area contributed by atoms with E-state index in [0.717, 1.165) is 11.3 Å². The zero-order valence-corrected chi connectivity index (χ0v) is 16.1. The molecular weight excluding hydrogens is 332 g/mol. The maximum Gasteiger partial charge on any atom is 0.338 e. The van der Waals surface area contributed by atoms with E-state index >= 15 is 0 Å². The van der Waals surface area contributed by atoms with Crippen molar-refractivity contribution in [3.8, 4) is 0 Å². The van der Waals surface area contributed by atoms with E-state index in [1.807, 2.05) is 13.0 Å². The van der Waals surface area contributed by atoms with Gasteiger partial charge in [-0.15, -0.1) is 0 Å². The second-order valence-electron chi connectivity index (χ2n) is 6.15. The summed E-state index contributed by atoms with van der Waals surface area (Å²) in [7, 11) is 1.37. The summed E-state index contributed by atoms with van der Waals surface area (Å²) in [5.74, 6) is -0.358. The van der Waals surface area contributed by atoms with Gasteiger partial charge in [-0.2, -0.15) is 0 Å². The summed E-state index contributed by atoms with van der Waals surface area (Å²) in [5.41, 5.74) is 5.79. The highest BCUT2D eigenvalue weighted by molar-refractivity contribution is 7.80. The summed E-state index contributed by atoms with van der Waals surface area (Å²) in [4.78, 5) is 11.8. The summed E-state index contributed by atoms with van der Waals surface area (Å²) in [6.45, 7) is 8.12. The van der Waals surface area contributed by atoms with E-state index in [1.165, 1.54) is 23.8 Å². The average molecular weight is 356 g/mol. The number of nitrogens with one attached hydrogen (secondary N) is 2. The minimum absolute atomic E-state index is 0.0738. The number of carbonyl (C=O) groups excluding carboxylic acids is 1. The molecule has 0 heterocycles. The second-order valence-corrected chi connectivity index (χ2v) is 6.56. The van der Waals surface area contributed by atoms with Gasteiger partial charge < -0.3 is 15.4 Å². The smallest absolute Gasteiger partial charge is 0.338 e. The molecule has 0 aliphatic heterocycles. The van der Waals surface area contributed by atoms with Crippen LogP contribution in [0.15, 0.2) is 36.4 Å². The number of hydrogen-bond acceptors (Lipinski definition) is 3. The number of aryl methyl sites for hydroxylation is 2. The summed E-state index contributed by atoms with van der Waals surface area (Å²) in [6.07, 6.45) is 0. The van der Waals surface area contributed by atoms with Crippen molar-refractivity contribution in [2.24, 2.45) is 0 Å². The van der Waals surface area contributed by atoms with E-state index in [2.05, 4.69) is 49.6 Å². The summed E-state index contributed by atoms with van der Waals surface area (Å²) < 4.78 is 4.81. The predicted octanol–water partition coefficient (Wildman–Crippen LogP) is 4.45. The van der Waals surface area contributed by atoms with Crippen LogP contribution < -0.4 is 10.6 Å². The molecule has 0 spiro atoms. The van der Waals surface area contributed by atoms with Crippen LogP contribution in [-0.2, 0) is 4.74 Å². The lowest BCUT2D eigenvalue weighted by atomic mass is 10.0. The highest BCUT2D eigenvalue weighted by atomic mass is 32.1. The van der Waals surface area contributed by atoms with Gasteiger partial charge in [-0.1, -0.05) is 29.8 Å². The van der Waals surface area contributed by atoms with E-state index in [9.17, 15) is 4.79 Å². The van der Waals surface area contributed by atoms with Gasteiger partial charge in [-0.05, 0) is 68.7 Å². The Morgan fingerprint density at radius 1 is 1.16 bits per heavy atom. The van der Waals surface area contributed by atoms with E-state index in [4.69, 9.17) is 17.0 Å². The Labute approximate surface area is 154 Å². The molecule has 5 heteroatoms. The maximum atomic E-state index is 11.8. The van der Waals surface area contributed by atoms with Gasteiger partial charge in [0.2, 0.25) is 0 Å². The molecule has 4 nitrogen and oxygen atoms in total. The number of anilines is 1. The molecule has 2 rings (SSSR count). The Hall–Kier alpha value is -2.40. The highest BCUT2D eigenvalue weighted by Crippen LogP contribution is 2.21. The van der Waals surface area contributed by atoms with Gasteiger partial charge in [0.15, 0.2) is 5.11 Å². The Morgan fingerprint density at radius 2 is 1.88 bits per heavy atom. The van der Waals surface area contributed by atoms with Gasteiger partial charge in [-0.25, -0.2) is 4.79 Å². The quantitative estimate of drug-likeness (QED) is 0.626. The molecule has 0 radical (unpaired) electrons. The van der Waals surface area contributed by atoms with Gasteiger partial charge in [-0.3, -0.25) is 0 Å². The van der Waals surface area contributed by atoms with E-state index in [-0.39, 0.29) is 12.0 Å². The molecule has 2 aromatic rings. The van der Waals surface area contributed by atoms with Crippen molar-refractivity contribution in [2.45, 2.75) is 33.7 Å². The third kappa shape index (κ3) is 4.57. The van der Waals surface area contributed by atoms with Crippen molar-refractivity contribution in [2.75, 3.05) is 12.4 Å². The number of benzene rings is 2. The molecule has 0 aromatic heterocycles. The molecule has 25 heavy (non-hydrogen) atoms. The molecular formula is C20H24N2O2S. The minimum Gasteiger partial charge on any atom is -0.465 e. The predicted molar refractivity (Wildman–Crippen MR) is 106 cm³/mol. The normalized spacial score (nSPS) is 11.6. The lowest BCUT2D eigenvalue weighted by Gasteiger charge is -2.20. The number of esters is 1. The molecule has 0 aliphatic carbocycles.